The van der Waals surface area contributed by atoms with Crippen LogP contribution in [-0.4, -0.2) is 27.5 Å². The normalized spacial score (nSPS) is 12.2. The molecule has 92 valence electrons. The maximum Gasteiger partial charge on any atom is 0.336 e. The number of carbonyl (C=O) groups is 2. The van der Waals surface area contributed by atoms with Crippen molar-refractivity contribution in [2.45, 2.75) is 13.0 Å². The molecule has 0 radical (unpaired) electrons. The molecule has 0 aliphatic carbocycles. The molecule has 0 amide bonds. The Morgan fingerprint density at radius 1 is 1.35 bits per heavy atom. The average molecular weight is 302 g/mol. The first kappa shape index (κ1) is 13.7. The van der Waals surface area contributed by atoms with Gasteiger partial charge in [0.2, 0.25) is 0 Å². The Hall–Kier alpha value is -1.40. The Morgan fingerprint density at radius 3 is 2.35 bits per heavy atom. The molecule has 1 atom stereocenters. The molecule has 6 heteroatoms. The molecule has 0 fully saturated rings. The Bertz CT molecular complexity index is 473. The molecule has 17 heavy (non-hydrogen) atoms. The fraction of sp³-hybridized carbons (Fsp3) is 0.273. The quantitative estimate of drug-likeness (QED) is 0.736. The molecule has 0 saturated heterocycles. The number of hydrogen-bond acceptors (Lipinski definition) is 3. The summed E-state index contributed by atoms with van der Waals surface area (Å²) in [6, 6.07) is 2.34. The number of carboxylic acids is 2. The standard InChI is InChI=1S/C11H12BrNO4/c1-5-6(10(14)15)2-3-7(8(13)4-12)9(5)11(16)17/h2-3,8H,4,13H2,1H3,(H,14,15)(H,16,17). The van der Waals surface area contributed by atoms with E-state index in [1.54, 1.807) is 0 Å². The second-order valence-electron chi connectivity index (χ2n) is 3.57. The van der Waals surface area contributed by atoms with Gasteiger partial charge in [-0.25, -0.2) is 9.59 Å². The van der Waals surface area contributed by atoms with Gasteiger partial charge in [0.1, 0.15) is 0 Å². The summed E-state index contributed by atoms with van der Waals surface area (Å²) in [7, 11) is 0. The van der Waals surface area contributed by atoms with E-state index < -0.39 is 18.0 Å². The lowest BCUT2D eigenvalue weighted by molar-refractivity contribution is 0.0694. The lowest BCUT2D eigenvalue weighted by Crippen LogP contribution is -2.18. The molecule has 0 heterocycles. The minimum absolute atomic E-state index is 0.0204. The van der Waals surface area contributed by atoms with Gasteiger partial charge in [-0.1, -0.05) is 22.0 Å². The SMILES string of the molecule is Cc1c(C(=O)O)ccc(C(N)CBr)c1C(=O)O. The van der Waals surface area contributed by atoms with Crippen LogP contribution in [0.5, 0.6) is 0 Å². The third kappa shape index (κ3) is 2.65. The first-order valence-corrected chi connectivity index (χ1v) is 5.94. The van der Waals surface area contributed by atoms with Gasteiger partial charge in [-0.2, -0.15) is 0 Å². The van der Waals surface area contributed by atoms with Crippen molar-refractivity contribution in [3.63, 3.8) is 0 Å². The van der Waals surface area contributed by atoms with Crippen molar-refractivity contribution in [1.82, 2.24) is 0 Å². The van der Waals surface area contributed by atoms with E-state index in [4.69, 9.17) is 15.9 Å². The zero-order valence-electron chi connectivity index (χ0n) is 9.11. The smallest absolute Gasteiger partial charge is 0.336 e. The first-order valence-electron chi connectivity index (χ1n) is 4.81. The van der Waals surface area contributed by atoms with Gasteiger partial charge >= 0.3 is 11.9 Å². The highest BCUT2D eigenvalue weighted by atomic mass is 79.9. The highest BCUT2D eigenvalue weighted by Crippen LogP contribution is 2.24. The fourth-order valence-corrected chi connectivity index (χ4v) is 1.99. The topological polar surface area (TPSA) is 101 Å². The van der Waals surface area contributed by atoms with Gasteiger partial charge in [-0.15, -0.1) is 0 Å². The molecular weight excluding hydrogens is 290 g/mol. The van der Waals surface area contributed by atoms with Crippen LogP contribution < -0.4 is 5.73 Å². The van der Waals surface area contributed by atoms with E-state index in [1.165, 1.54) is 19.1 Å². The maximum absolute atomic E-state index is 11.2. The van der Waals surface area contributed by atoms with Crippen LogP contribution in [0.2, 0.25) is 0 Å². The van der Waals surface area contributed by atoms with Gasteiger partial charge < -0.3 is 15.9 Å². The molecule has 0 bridgehead atoms. The van der Waals surface area contributed by atoms with Crippen molar-refractivity contribution in [2.24, 2.45) is 5.73 Å². The molecular formula is C11H12BrNO4. The summed E-state index contributed by atoms with van der Waals surface area (Å²) in [5.41, 5.74) is 6.37. The number of hydrogen-bond donors (Lipinski definition) is 3. The van der Waals surface area contributed by atoms with Crippen LogP contribution in [-0.2, 0) is 0 Å². The van der Waals surface area contributed by atoms with Crippen LogP contribution in [0.3, 0.4) is 0 Å². The maximum atomic E-state index is 11.2. The lowest BCUT2D eigenvalue weighted by atomic mass is 9.93. The summed E-state index contributed by atoms with van der Waals surface area (Å²) >= 11 is 3.17. The van der Waals surface area contributed by atoms with Crippen molar-refractivity contribution in [3.05, 3.63) is 34.4 Å². The van der Waals surface area contributed by atoms with Gasteiger partial charge in [0.05, 0.1) is 11.1 Å². The predicted octanol–water partition coefficient (Wildman–Crippen LogP) is 1.79. The third-order valence-corrected chi connectivity index (χ3v) is 3.20. The third-order valence-electron chi connectivity index (χ3n) is 2.51. The van der Waals surface area contributed by atoms with Crippen LogP contribution in [0.1, 0.15) is 37.9 Å². The monoisotopic (exact) mass is 301 g/mol. The number of rotatable bonds is 4. The van der Waals surface area contributed by atoms with Crippen LogP contribution in [0.25, 0.3) is 0 Å². The average Bonchev–Trinajstić information content (AvgIpc) is 2.26. The molecule has 1 rings (SSSR count). The number of benzene rings is 1. The number of carboxylic acid groups (broad SMARTS) is 2. The van der Waals surface area contributed by atoms with Crippen molar-refractivity contribution in [1.29, 1.82) is 0 Å². The summed E-state index contributed by atoms with van der Waals surface area (Å²) in [5.74, 6) is -2.32. The molecule has 0 aliphatic heterocycles. The molecule has 4 N–H and O–H groups in total. The fourth-order valence-electron chi connectivity index (χ4n) is 1.64. The van der Waals surface area contributed by atoms with E-state index in [9.17, 15) is 9.59 Å². The van der Waals surface area contributed by atoms with E-state index in [-0.39, 0.29) is 16.7 Å². The highest BCUT2D eigenvalue weighted by molar-refractivity contribution is 9.09. The molecule has 1 aromatic carbocycles. The molecule has 5 nitrogen and oxygen atoms in total. The van der Waals surface area contributed by atoms with Crippen LogP contribution in [0.15, 0.2) is 12.1 Å². The summed E-state index contributed by atoms with van der Waals surface area (Å²) in [5, 5.41) is 18.5. The van der Waals surface area contributed by atoms with Crippen molar-refractivity contribution in [3.8, 4) is 0 Å². The molecule has 0 aliphatic rings. The summed E-state index contributed by atoms with van der Waals surface area (Å²) in [6.07, 6.45) is 0. The molecule has 0 saturated carbocycles. The molecule has 1 aromatic rings. The number of aromatic carboxylic acids is 2. The van der Waals surface area contributed by atoms with Gasteiger partial charge in [-0.05, 0) is 24.1 Å². The molecule has 1 unspecified atom stereocenters. The Morgan fingerprint density at radius 2 is 1.94 bits per heavy atom. The zero-order valence-corrected chi connectivity index (χ0v) is 10.7. The minimum atomic E-state index is -1.17. The number of alkyl halides is 1. The molecule has 0 spiro atoms. The van der Waals surface area contributed by atoms with Crippen LogP contribution in [0.4, 0.5) is 0 Å². The van der Waals surface area contributed by atoms with Gasteiger partial charge in [0.25, 0.3) is 0 Å². The van der Waals surface area contributed by atoms with Gasteiger partial charge in [-0.3, -0.25) is 0 Å². The van der Waals surface area contributed by atoms with Crippen molar-refractivity contribution in [2.75, 3.05) is 5.33 Å². The van der Waals surface area contributed by atoms with Gasteiger partial charge in [0, 0.05) is 11.4 Å². The Labute approximate surface area is 106 Å². The first-order chi connectivity index (χ1) is 7.90. The summed E-state index contributed by atoms with van der Waals surface area (Å²) in [6.45, 7) is 1.47. The Balaban J connectivity index is 3.50. The van der Waals surface area contributed by atoms with Crippen LogP contribution in [0, 0.1) is 6.92 Å². The predicted molar refractivity (Wildman–Crippen MR) is 65.8 cm³/mol. The minimum Gasteiger partial charge on any atom is -0.478 e. The van der Waals surface area contributed by atoms with E-state index in [2.05, 4.69) is 15.9 Å². The van der Waals surface area contributed by atoms with Crippen molar-refractivity contribution >= 4 is 27.9 Å². The van der Waals surface area contributed by atoms with Crippen molar-refractivity contribution < 1.29 is 19.8 Å². The Kier molecular flexibility index (Phi) is 4.25. The van der Waals surface area contributed by atoms with E-state index in [0.29, 0.717) is 10.9 Å². The zero-order chi connectivity index (χ0) is 13.2. The van der Waals surface area contributed by atoms with E-state index in [0.717, 1.165) is 0 Å². The second-order valence-corrected chi connectivity index (χ2v) is 4.22. The van der Waals surface area contributed by atoms with Crippen LogP contribution >= 0.6 is 15.9 Å². The van der Waals surface area contributed by atoms with E-state index >= 15 is 0 Å². The largest absolute Gasteiger partial charge is 0.478 e. The lowest BCUT2D eigenvalue weighted by Gasteiger charge is -2.15. The van der Waals surface area contributed by atoms with Gasteiger partial charge in [0.15, 0.2) is 0 Å². The second kappa shape index (κ2) is 5.29. The molecule has 0 aromatic heterocycles. The number of nitrogens with two attached hydrogens (primary N) is 1. The summed E-state index contributed by atoms with van der Waals surface area (Å²) < 4.78 is 0. The van der Waals surface area contributed by atoms with E-state index in [1.807, 2.05) is 0 Å². The number of halogens is 1. The highest BCUT2D eigenvalue weighted by Gasteiger charge is 2.21. The summed E-state index contributed by atoms with van der Waals surface area (Å²) in [4.78, 5) is 22.1.